The minimum atomic E-state index is 0.838. The molecule has 2 unspecified atom stereocenters. The fourth-order valence-electron chi connectivity index (χ4n) is 2.08. The van der Waals surface area contributed by atoms with Crippen LogP contribution in [0.2, 0.25) is 0 Å². The number of rotatable bonds is 0. The number of hydrogen-bond donors (Lipinski definition) is 0. The van der Waals surface area contributed by atoms with Crippen molar-refractivity contribution < 1.29 is 0 Å². The third kappa shape index (κ3) is 0.286. The molecule has 9 heavy (non-hydrogen) atoms. The zero-order chi connectivity index (χ0) is 5.84. The Morgan fingerprint density at radius 2 is 2.33 bits per heavy atom. The van der Waals surface area contributed by atoms with Gasteiger partial charge in [-0.15, -0.1) is 0 Å². The van der Waals surface area contributed by atoms with Gasteiger partial charge < -0.3 is 0 Å². The molecule has 0 heterocycles. The first-order chi connectivity index (χ1) is 4.47. The average Bonchev–Trinajstić information content (AvgIpc) is 2.13. The first kappa shape index (κ1) is 4.10. The summed E-state index contributed by atoms with van der Waals surface area (Å²) >= 11 is 0. The Morgan fingerprint density at radius 3 is 3.00 bits per heavy atom. The molecule has 0 heteroatoms. The Balaban J connectivity index is 2.17. The van der Waals surface area contributed by atoms with Crippen molar-refractivity contribution in [3.63, 3.8) is 0 Å². The van der Waals surface area contributed by atoms with E-state index in [4.69, 9.17) is 0 Å². The molecule has 3 aliphatic carbocycles. The van der Waals surface area contributed by atoms with Gasteiger partial charge in [-0.3, -0.25) is 0 Å². The summed E-state index contributed by atoms with van der Waals surface area (Å²) in [6.45, 7) is 0. The lowest BCUT2D eigenvalue weighted by Gasteiger charge is -2.45. The van der Waals surface area contributed by atoms with E-state index in [0.29, 0.717) is 0 Å². The molecule has 0 aromatic carbocycles. The van der Waals surface area contributed by atoms with Crippen molar-refractivity contribution in [2.24, 2.45) is 11.8 Å². The molecule has 1 fully saturated rings. The summed E-state index contributed by atoms with van der Waals surface area (Å²) in [5.74, 6) is 1.78. The van der Waals surface area contributed by atoms with Gasteiger partial charge in [0.05, 0.1) is 0 Å². The Kier molecular flexibility index (Phi) is 0.484. The first-order valence-electron chi connectivity index (χ1n) is 3.55. The Morgan fingerprint density at radius 1 is 1.33 bits per heavy atom. The van der Waals surface area contributed by atoms with E-state index in [2.05, 4.69) is 24.3 Å². The van der Waals surface area contributed by atoms with Crippen LogP contribution in [0.25, 0.3) is 0 Å². The summed E-state index contributed by atoms with van der Waals surface area (Å²) in [6, 6.07) is 0. The van der Waals surface area contributed by atoms with E-state index in [1.807, 2.05) is 0 Å². The van der Waals surface area contributed by atoms with Gasteiger partial charge in [0.15, 0.2) is 0 Å². The van der Waals surface area contributed by atoms with Gasteiger partial charge in [-0.25, -0.2) is 0 Å². The minimum absolute atomic E-state index is 0.838. The summed E-state index contributed by atoms with van der Waals surface area (Å²) in [4.78, 5) is 0. The van der Waals surface area contributed by atoms with E-state index in [0.717, 1.165) is 11.8 Å². The predicted molar refractivity (Wildman–Crippen MR) is 36.9 cm³/mol. The lowest BCUT2D eigenvalue weighted by Crippen LogP contribution is -2.34. The molecule has 2 atom stereocenters. The number of allylic oxidation sites excluding steroid dienone is 6. The van der Waals surface area contributed by atoms with Crippen LogP contribution in [0.4, 0.5) is 0 Å². The molecule has 0 aliphatic heterocycles. The number of hydrogen-bond acceptors (Lipinski definition) is 0. The third-order valence-electron chi connectivity index (χ3n) is 2.71. The Bertz CT molecular complexity index is 253. The molecule has 3 rings (SSSR count). The Labute approximate surface area is 54.6 Å². The molecule has 44 valence electrons. The molecular weight excluding hydrogens is 108 g/mol. The molecule has 0 aromatic rings. The van der Waals surface area contributed by atoms with Crippen LogP contribution in [0.3, 0.4) is 0 Å². The van der Waals surface area contributed by atoms with Crippen LogP contribution in [0, 0.1) is 11.8 Å². The monoisotopic (exact) mass is 116 g/mol. The second-order valence-electron chi connectivity index (χ2n) is 3.03. The van der Waals surface area contributed by atoms with Gasteiger partial charge in [0.1, 0.15) is 0 Å². The molecule has 0 aromatic heterocycles. The molecule has 3 aliphatic rings. The minimum Gasteiger partial charge on any atom is -0.0801 e. The second-order valence-corrected chi connectivity index (χ2v) is 3.03. The number of fused-ring (bicyclic) bond motifs is 4. The smallest absolute Gasteiger partial charge is 0.00955 e. The quantitative estimate of drug-likeness (QED) is 0.454. The van der Waals surface area contributed by atoms with Gasteiger partial charge in [-0.1, -0.05) is 24.3 Å². The van der Waals surface area contributed by atoms with Gasteiger partial charge in [0.25, 0.3) is 0 Å². The maximum absolute atomic E-state index is 2.36. The van der Waals surface area contributed by atoms with Crippen LogP contribution in [0.1, 0.15) is 6.42 Å². The molecule has 0 saturated heterocycles. The maximum Gasteiger partial charge on any atom is 0.00955 e. The fourth-order valence-corrected chi connectivity index (χ4v) is 2.08. The predicted octanol–water partition coefficient (Wildman–Crippen LogP) is 2.06. The van der Waals surface area contributed by atoms with Gasteiger partial charge in [-0.05, 0) is 23.5 Å². The van der Waals surface area contributed by atoms with Crippen LogP contribution in [-0.2, 0) is 0 Å². The van der Waals surface area contributed by atoms with Crippen LogP contribution in [0.5, 0.6) is 0 Å². The molecule has 0 amide bonds. The average molecular weight is 116 g/mol. The lowest BCUT2D eigenvalue weighted by molar-refractivity contribution is 0.396. The zero-order valence-electron chi connectivity index (χ0n) is 5.17. The van der Waals surface area contributed by atoms with Crippen molar-refractivity contribution in [3.8, 4) is 0 Å². The van der Waals surface area contributed by atoms with E-state index in [-0.39, 0.29) is 0 Å². The first-order valence-corrected chi connectivity index (χ1v) is 3.55. The molecule has 0 nitrogen and oxygen atoms in total. The summed E-state index contributed by atoms with van der Waals surface area (Å²) in [6.07, 6.45) is 10.5. The van der Waals surface area contributed by atoms with Gasteiger partial charge in [0.2, 0.25) is 0 Å². The fraction of sp³-hybridized carbons (Fsp3) is 0.333. The SMILES string of the molecule is C1=CC2C(=C1)C1=CCC12. The maximum atomic E-state index is 2.36. The summed E-state index contributed by atoms with van der Waals surface area (Å²) in [7, 11) is 0. The zero-order valence-corrected chi connectivity index (χ0v) is 5.17. The van der Waals surface area contributed by atoms with E-state index < -0.39 is 0 Å². The Hall–Kier alpha value is -0.780. The summed E-state index contributed by atoms with van der Waals surface area (Å²) < 4.78 is 0. The highest BCUT2D eigenvalue weighted by atomic mass is 14.5. The van der Waals surface area contributed by atoms with Crippen molar-refractivity contribution in [1.82, 2.24) is 0 Å². The van der Waals surface area contributed by atoms with Crippen LogP contribution in [-0.4, -0.2) is 0 Å². The molecule has 0 bridgehead atoms. The molecule has 1 saturated carbocycles. The van der Waals surface area contributed by atoms with Gasteiger partial charge in [-0.2, -0.15) is 0 Å². The van der Waals surface area contributed by atoms with Crippen LogP contribution >= 0.6 is 0 Å². The van der Waals surface area contributed by atoms with Crippen molar-refractivity contribution in [2.75, 3.05) is 0 Å². The van der Waals surface area contributed by atoms with E-state index in [9.17, 15) is 0 Å². The molecule has 0 spiro atoms. The lowest BCUT2D eigenvalue weighted by atomic mass is 9.59. The molecular formula is C9H8. The van der Waals surface area contributed by atoms with E-state index in [1.54, 1.807) is 11.1 Å². The van der Waals surface area contributed by atoms with Crippen molar-refractivity contribution in [3.05, 3.63) is 35.5 Å². The third-order valence-corrected chi connectivity index (χ3v) is 2.71. The van der Waals surface area contributed by atoms with Gasteiger partial charge >= 0.3 is 0 Å². The highest BCUT2D eigenvalue weighted by Gasteiger charge is 2.44. The molecule has 0 N–H and O–H groups in total. The second kappa shape index (κ2) is 1.06. The van der Waals surface area contributed by atoms with Gasteiger partial charge in [0, 0.05) is 5.92 Å². The van der Waals surface area contributed by atoms with Crippen LogP contribution < -0.4 is 0 Å². The van der Waals surface area contributed by atoms with Crippen molar-refractivity contribution in [2.45, 2.75) is 6.42 Å². The van der Waals surface area contributed by atoms with Crippen LogP contribution in [0.15, 0.2) is 35.5 Å². The summed E-state index contributed by atoms with van der Waals surface area (Å²) in [5, 5.41) is 0. The van der Waals surface area contributed by atoms with Crippen molar-refractivity contribution >= 4 is 0 Å². The topological polar surface area (TPSA) is 0 Å². The van der Waals surface area contributed by atoms with E-state index in [1.165, 1.54) is 6.42 Å². The summed E-state index contributed by atoms with van der Waals surface area (Å²) in [5.41, 5.74) is 3.25. The standard InChI is InChI=1S/C9H8/c1-2-6-7(3-1)9-5-4-8(6)9/h1-4,7,9H,5H2. The normalized spacial score (nSPS) is 41.8. The highest BCUT2D eigenvalue weighted by Crippen LogP contribution is 2.55. The highest BCUT2D eigenvalue weighted by molar-refractivity contribution is 5.57. The van der Waals surface area contributed by atoms with E-state index >= 15 is 0 Å². The van der Waals surface area contributed by atoms with Crippen molar-refractivity contribution in [1.29, 1.82) is 0 Å². The largest absolute Gasteiger partial charge is 0.0801 e. The molecule has 0 radical (unpaired) electrons.